The van der Waals surface area contributed by atoms with E-state index in [0.717, 1.165) is 82.4 Å². The first-order chi connectivity index (χ1) is 52.9. The smallest absolute Gasteiger partial charge is 0.294 e. The van der Waals surface area contributed by atoms with Gasteiger partial charge in [-0.2, -0.15) is 12.9 Å². The molecule has 0 saturated carbocycles. The second-order valence-electron chi connectivity index (χ2n) is 28.9. The highest BCUT2D eigenvalue weighted by atomic mass is 32.2. The number of ether oxygens (including phenoxy) is 4. The molecule has 3 aliphatic heterocycles. The number of nitrogens with zero attached hydrogens (tertiary/aromatic N) is 8. The molecule has 31 heteroatoms. The highest BCUT2D eigenvalue weighted by molar-refractivity contribution is 7.89. The number of carbonyl (C=O) groups is 6. The van der Waals surface area contributed by atoms with Crippen molar-refractivity contribution in [1.82, 2.24) is 58.7 Å². The number of methoxy groups -OCH3 is 3. The number of carbonyl (C=O) groups excluding carboxylic acids is 6. The fourth-order valence-electron chi connectivity index (χ4n) is 13.5. The van der Waals surface area contributed by atoms with E-state index in [1.54, 1.807) is 113 Å². The topological polar surface area (TPSA) is 316 Å². The summed E-state index contributed by atoms with van der Waals surface area (Å²) in [6.07, 6.45) is 6.41. The fraction of sp³-hybridized carbons (Fsp3) is 0.481. The molecule has 0 saturated heterocycles. The SMILES string of the molecule is CNCc1ccc2c(c1)CCN(C)CC2.COc1cc(C)c(S(=O)(=O)N(C)CC(=O)NCC(=O)N(C)Cc2ccc3c(c2)CCN(C)CC3)c(C)c1.COc1cc(C)c(S(=O)(=O)N(C)CC(=O)NCC(=O)N(C)Cc2ccc3c(c2)CCN(C)CC3)c(C)c1.COc1cc(C)c(S(=O)(=O)N(C)CC(=O)NCOC=O)c(C)c1. The number of sulfonamides is 3. The van der Waals surface area contributed by atoms with Crippen LogP contribution < -0.4 is 35.5 Å². The molecule has 0 aliphatic carbocycles. The molecule has 0 bridgehead atoms. The number of nitrogens with one attached hydrogen (secondary N) is 4. The van der Waals surface area contributed by atoms with E-state index in [4.69, 9.17) is 14.2 Å². The van der Waals surface area contributed by atoms with Crippen molar-refractivity contribution in [2.45, 2.75) is 114 Å². The molecule has 3 heterocycles. The summed E-state index contributed by atoms with van der Waals surface area (Å²) in [5.74, 6) is -0.500. The Morgan fingerprint density at radius 2 is 0.679 bits per heavy atom. The van der Waals surface area contributed by atoms with Gasteiger partial charge in [0.15, 0.2) is 6.73 Å². The molecule has 28 nitrogen and oxygen atoms in total. The third kappa shape index (κ3) is 26.3. The average Bonchev–Trinajstić information content (AvgIpc) is 0.835. The lowest BCUT2D eigenvalue weighted by Gasteiger charge is -2.21. The van der Waals surface area contributed by atoms with E-state index >= 15 is 0 Å². The highest BCUT2D eigenvalue weighted by Crippen LogP contribution is 2.31. The molecule has 112 heavy (non-hydrogen) atoms. The predicted octanol–water partition coefficient (Wildman–Crippen LogP) is 5.09. The molecular weight excluding hydrogens is 1490 g/mol. The van der Waals surface area contributed by atoms with E-state index in [1.807, 2.05) is 7.05 Å². The van der Waals surface area contributed by atoms with Crippen LogP contribution in [0.5, 0.6) is 17.2 Å². The molecule has 0 atom stereocenters. The van der Waals surface area contributed by atoms with E-state index in [9.17, 15) is 54.0 Å². The van der Waals surface area contributed by atoms with Gasteiger partial charge in [0.25, 0.3) is 6.47 Å². The minimum Gasteiger partial charge on any atom is -0.497 e. The van der Waals surface area contributed by atoms with Gasteiger partial charge >= 0.3 is 0 Å². The van der Waals surface area contributed by atoms with Gasteiger partial charge in [-0.05, 0) is 228 Å². The monoisotopic (exact) mass is 1610 g/mol. The number of hydrogen-bond donors (Lipinski definition) is 4. The third-order valence-corrected chi connectivity index (χ3v) is 26.2. The van der Waals surface area contributed by atoms with Gasteiger partial charge in [0.1, 0.15) is 17.2 Å². The molecule has 0 fully saturated rings. The summed E-state index contributed by atoms with van der Waals surface area (Å²) in [6, 6.07) is 29.5. The van der Waals surface area contributed by atoms with Gasteiger partial charge in [-0.1, -0.05) is 54.6 Å². The summed E-state index contributed by atoms with van der Waals surface area (Å²) in [6.45, 7) is 16.7. The Balaban J connectivity index is 0.000000245. The van der Waals surface area contributed by atoms with Crippen molar-refractivity contribution in [3.63, 3.8) is 0 Å². The molecular formula is C81H116N12O16S3. The van der Waals surface area contributed by atoms with Crippen molar-refractivity contribution < 1.29 is 73.0 Å². The van der Waals surface area contributed by atoms with Crippen molar-refractivity contribution in [3.05, 3.63) is 174 Å². The molecule has 3 aliphatic rings. The number of rotatable bonds is 28. The van der Waals surface area contributed by atoms with E-state index < -0.39 is 67.4 Å². The molecule has 5 amide bonds. The van der Waals surface area contributed by atoms with Gasteiger partial charge < -0.3 is 64.7 Å². The second-order valence-corrected chi connectivity index (χ2v) is 34.8. The van der Waals surface area contributed by atoms with Gasteiger partial charge in [0.05, 0.1) is 68.7 Å². The normalized spacial score (nSPS) is 13.9. The summed E-state index contributed by atoms with van der Waals surface area (Å²) in [4.78, 5) is 82.5. The maximum atomic E-state index is 13.1. The van der Waals surface area contributed by atoms with Crippen molar-refractivity contribution >= 4 is 66.1 Å². The first-order valence-corrected chi connectivity index (χ1v) is 41.4. The lowest BCUT2D eigenvalue weighted by Crippen LogP contribution is -2.43. The van der Waals surface area contributed by atoms with Crippen LogP contribution in [-0.2, 0) is 122 Å². The maximum absolute atomic E-state index is 13.1. The molecule has 0 aromatic heterocycles. The summed E-state index contributed by atoms with van der Waals surface area (Å²) in [7, 11) is 8.72. The number of benzene rings is 6. The average molecular weight is 1610 g/mol. The number of likely N-dealkylation sites (N-methyl/N-ethyl adjacent to an activating group) is 8. The summed E-state index contributed by atoms with van der Waals surface area (Å²) >= 11 is 0. The van der Waals surface area contributed by atoms with Gasteiger partial charge in [0.2, 0.25) is 59.6 Å². The van der Waals surface area contributed by atoms with Crippen molar-refractivity contribution in [3.8, 4) is 17.2 Å². The summed E-state index contributed by atoms with van der Waals surface area (Å²) < 4.78 is 101. The first kappa shape index (κ1) is 92.0. The standard InChI is InChI=1S/2C27H38N4O5S.C14H20N2O6S.C13H20N2/c2*1-19-13-24(36-6)14-20(2)27(19)37(34,35)31(5)18-25(32)28-16-26(33)30(4)17-21-7-8-22-9-11-29(3)12-10-23(22)15-21;1-10-5-12(21-4)6-11(2)14(10)23(19,20)16(3)7-13(18)15-8-22-9-17;1-14-10-11-3-4-12-5-7-15(2)8-6-13(12)9-11/h2*7-8,13-15H,9-12,16-18H2,1-6H3,(H,28,32);5-6,9H,7-8H2,1-4H3,(H,15,18);3-4,9,14H,5-8,10H2,1-2H3. The number of aryl methyl sites for hydroxylation is 6. The van der Waals surface area contributed by atoms with Crippen LogP contribution >= 0.6 is 0 Å². The Morgan fingerprint density at radius 1 is 0.411 bits per heavy atom. The Kier molecular flexibility index (Phi) is 35.2. The number of hydrogen-bond acceptors (Lipinski definition) is 20. The molecule has 9 rings (SSSR count). The predicted molar refractivity (Wildman–Crippen MR) is 433 cm³/mol. The van der Waals surface area contributed by atoms with Crippen molar-refractivity contribution in [2.75, 3.05) is 163 Å². The van der Waals surface area contributed by atoms with E-state index in [-0.39, 0.29) is 52.8 Å². The lowest BCUT2D eigenvalue weighted by atomic mass is 10.00. The molecule has 4 N–H and O–H groups in total. The van der Waals surface area contributed by atoms with Crippen LogP contribution in [0.3, 0.4) is 0 Å². The Hall–Kier alpha value is -8.89. The highest BCUT2D eigenvalue weighted by Gasteiger charge is 2.31. The largest absolute Gasteiger partial charge is 0.497 e. The van der Waals surface area contributed by atoms with Crippen LogP contribution in [0.25, 0.3) is 0 Å². The van der Waals surface area contributed by atoms with Crippen molar-refractivity contribution in [1.29, 1.82) is 0 Å². The van der Waals surface area contributed by atoms with Crippen LogP contribution in [-0.4, -0.2) is 262 Å². The zero-order valence-electron chi connectivity index (χ0n) is 68.4. The zero-order valence-corrected chi connectivity index (χ0v) is 70.9. The van der Waals surface area contributed by atoms with E-state index in [1.165, 1.54) is 96.2 Å². The summed E-state index contributed by atoms with van der Waals surface area (Å²) in [5, 5.41) is 10.6. The van der Waals surface area contributed by atoms with Gasteiger partial charge in [-0.25, -0.2) is 25.3 Å². The molecule has 0 radical (unpaired) electrons. The molecule has 0 unspecified atom stereocenters. The lowest BCUT2D eigenvalue weighted by molar-refractivity contribution is -0.132. The van der Waals surface area contributed by atoms with Crippen LogP contribution in [0.1, 0.15) is 83.5 Å². The molecule has 0 spiro atoms. The van der Waals surface area contributed by atoms with Crippen LogP contribution in [0.4, 0.5) is 0 Å². The van der Waals surface area contributed by atoms with Crippen LogP contribution in [0.15, 0.2) is 106 Å². The molecule has 6 aromatic carbocycles. The van der Waals surface area contributed by atoms with Crippen LogP contribution in [0, 0.1) is 41.5 Å². The fourth-order valence-corrected chi connectivity index (χ4v) is 18.1. The number of amides is 5. The van der Waals surface area contributed by atoms with E-state index in [2.05, 4.69) is 116 Å². The third-order valence-electron chi connectivity index (χ3n) is 19.9. The zero-order chi connectivity index (χ0) is 82.9. The Bertz CT molecular complexity index is 4380. The summed E-state index contributed by atoms with van der Waals surface area (Å²) in [5.41, 5.74) is 15.1. The number of fused-ring (bicyclic) bond motifs is 3. The van der Waals surface area contributed by atoms with E-state index in [0.29, 0.717) is 63.7 Å². The second kappa shape index (κ2) is 42.8. The first-order valence-electron chi connectivity index (χ1n) is 37.1. The molecule has 614 valence electrons. The van der Waals surface area contributed by atoms with Crippen molar-refractivity contribution in [2.24, 2.45) is 0 Å². The quantitative estimate of drug-likeness (QED) is 0.0282. The van der Waals surface area contributed by atoms with Gasteiger partial charge in [-0.3, -0.25) is 28.8 Å². The Labute approximate surface area is 663 Å². The maximum Gasteiger partial charge on any atom is 0.294 e. The van der Waals surface area contributed by atoms with Crippen LogP contribution in [0.2, 0.25) is 0 Å². The van der Waals surface area contributed by atoms with Gasteiger partial charge in [-0.15, -0.1) is 0 Å². The minimum atomic E-state index is -3.91. The minimum absolute atomic E-state index is 0.137. The van der Waals surface area contributed by atoms with Gasteiger partial charge in [0, 0.05) is 94.1 Å². The molecule has 6 aromatic rings. The Morgan fingerprint density at radius 3 is 0.955 bits per heavy atom.